The third-order valence-electron chi connectivity index (χ3n) is 8.38. The molecule has 40 heavy (non-hydrogen) atoms. The minimum atomic E-state index is -1.58. The van der Waals surface area contributed by atoms with Crippen LogP contribution >= 0.6 is 0 Å². The average molecular weight is 539 g/mol. The number of methoxy groups -OCH3 is 2. The van der Waals surface area contributed by atoms with Gasteiger partial charge in [-0.3, -0.25) is 0 Å². The molecule has 0 saturated carbocycles. The zero-order valence-electron chi connectivity index (χ0n) is 22.5. The molecule has 4 aromatic rings. The van der Waals surface area contributed by atoms with E-state index in [1.807, 2.05) is 54.6 Å². The third kappa shape index (κ3) is 3.40. The summed E-state index contributed by atoms with van der Waals surface area (Å²) in [4.78, 5) is 0. The van der Waals surface area contributed by atoms with Crippen LogP contribution in [0, 0.1) is 6.92 Å². The number of aromatic hydroxyl groups is 1. The molecule has 2 N–H and O–H groups in total. The van der Waals surface area contributed by atoms with Gasteiger partial charge in [-0.1, -0.05) is 60.7 Å². The van der Waals surface area contributed by atoms with E-state index in [0.29, 0.717) is 51.0 Å². The maximum atomic E-state index is 12.2. The van der Waals surface area contributed by atoms with Gasteiger partial charge in [-0.15, -0.1) is 0 Å². The number of phenols is 1. The van der Waals surface area contributed by atoms with Crippen molar-refractivity contribution in [3.63, 3.8) is 0 Å². The maximum absolute atomic E-state index is 12.2. The van der Waals surface area contributed by atoms with E-state index in [1.165, 1.54) is 0 Å². The number of aliphatic hydroxyl groups excluding tert-OH is 1. The van der Waals surface area contributed by atoms with Crippen LogP contribution in [-0.4, -0.2) is 30.5 Å². The largest absolute Gasteiger partial charge is 0.507 e. The molecule has 0 amide bonds. The molecule has 204 valence electrons. The molecule has 7 rings (SSSR count). The summed E-state index contributed by atoms with van der Waals surface area (Å²) in [7, 11) is 3.19. The summed E-state index contributed by atoms with van der Waals surface area (Å²) in [5.74, 6) is 0.445. The first-order valence-electron chi connectivity index (χ1n) is 13.4. The van der Waals surface area contributed by atoms with Crippen molar-refractivity contribution in [3.05, 3.63) is 106 Å². The fraction of sp³-hybridized carbons (Fsp3) is 0.273. The molecule has 0 fully saturated rings. The molecule has 0 saturated heterocycles. The van der Waals surface area contributed by atoms with Crippen molar-refractivity contribution in [1.29, 1.82) is 0 Å². The van der Waals surface area contributed by atoms with Crippen molar-refractivity contribution in [1.82, 2.24) is 0 Å². The molecule has 3 aliphatic rings. The molecule has 4 atom stereocenters. The van der Waals surface area contributed by atoms with Crippen molar-refractivity contribution < 1.29 is 33.9 Å². The Morgan fingerprint density at radius 1 is 0.875 bits per heavy atom. The topological polar surface area (TPSA) is 86.6 Å². The monoisotopic (exact) mass is 538 g/mol. The zero-order chi connectivity index (χ0) is 27.6. The van der Waals surface area contributed by atoms with Gasteiger partial charge >= 0.3 is 5.79 Å². The highest BCUT2D eigenvalue weighted by molar-refractivity contribution is 5.69. The molecule has 0 unspecified atom stereocenters. The summed E-state index contributed by atoms with van der Waals surface area (Å²) in [5.41, 5.74) is 4.55. The number of aliphatic hydroxyl groups is 1. The van der Waals surface area contributed by atoms with E-state index < -0.39 is 17.8 Å². The first-order valence-corrected chi connectivity index (χ1v) is 13.4. The van der Waals surface area contributed by atoms with Crippen LogP contribution in [0.15, 0.2) is 72.8 Å². The van der Waals surface area contributed by atoms with E-state index in [2.05, 4.69) is 12.1 Å². The molecule has 7 nitrogen and oxygen atoms in total. The average Bonchev–Trinajstić information content (AvgIpc) is 2.99. The summed E-state index contributed by atoms with van der Waals surface area (Å²) >= 11 is 0. The minimum Gasteiger partial charge on any atom is -0.507 e. The van der Waals surface area contributed by atoms with Crippen LogP contribution in [0.25, 0.3) is 0 Å². The Labute approximate surface area is 232 Å². The van der Waals surface area contributed by atoms with Gasteiger partial charge in [-0.05, 0) is 25.3 Å². The van der Waals surface area contributed by atoms with E-state index in [0.717, 1.165) is 24.0 Å². The van der Waals surface area contributed by atoms with Crippen LogP contribution in [0.1, 0.15) is 51.8 Å². The second kappa shape index (κ2) is 9.10. The molecule has 4 aromatic carbocycles. The Kier molecular flexibility index (Phi) is 5.61. The highest BCUT2D eigenvalue weighted by Gasteiger charge is 2.60. The molecule has 0 spiro atoms. The SMILES string of the molecule is COc1cc2c(c3c1CC[C@@H](c1ccccc1)O3)[C@H]1c3c(cc(O)c(C)c3OC)O[C@@](c3ccccc3)(O2)[C@H]1O. The summed E-state index contributed by atoms with van der Waals surface area (Å²) in [6.07, 6.45) is 0.175. The van der Waals surface area contributed by atoms with Crippen molar-refractivity contribution in [3.8, 4) is 34.5 Å². The van der Waals surface area contributed by atoms with E-state index in [1.54, 1.807) is 27.2 Å². The molecular formula is C33H30O7. The summed E-state index contributed by atoms with van der Waals surface area (Å²) in [6.45, 7) is 1.78. The van der Waals surface area contributed by atoms with Gasteiger partial charge < -0.3 is 33.9 Å². The van der Waals surface area contributed by atoms with Crippen LogP contribution in [0.3, 0.4) is 0 Å². The number of benzene rings is 4. The molecule has 0 aliphatic carbocycles. The number of phenolic OH excluding ortho intramolecular Hbond substituents is 1. The Hall–Kier alpha value is -4.36. The molecule has 0 aromatic heterocycles. The second-order valence-corrected chi connectivity index (χ2v) is 10.5. The standard InChI is InChI=1S/C33H30O7/c1-18-22(34)16-25-27(30(18)37-3)29-28-26(40-33(39-25,32(29)35)20-12-8-5-9-13-20)17-24(36-2)21-14-15-23(38-31(21)28)19-10-6-4-7-11-19/h4-13,16-17,23,29,32,34-35H,14-15H2,1-3H3/t23-,29+,32-,33-/m0/s1. The third-order valence-corrected chi connectivity index (χ3v) is 8.38. The van der Waals surface area contributed by atoms with Gasteiger partial charge in [-0.2, -0.15) is 0 Å². The van der Waals surface area contributed by atoms with Gasteiger partial charge in [0.1, 0.15) is 46.7 Å². The maximum Gasteiger partial charge on any atom is 0.305 e. The predicted octanol–water partition coefficient (Wildman–Crippen LogP) is 5.91. The second-order valence-electron chi connectivity index (χ2n) is 10.5. The minimum absolute atomic E-state index is 0.0330. The molecule has 0 radical (unpaired) electrons. The van der Waals surface area contributed by atoms with Gasteiger partial charge in [0.25, 0.3) is 0 Å². The van der Waals surface area contributed by atoms with Crippen molar-refractivity contribution in [2.45, 2.75) is 43.7 Å². The van der Waals surface area contributed by atoms with Crippen LogP contribution in [0.5, 0.6) is 34.5 Å². The summed E-state index contributed by atoms with van der Waals surface area (Å²) < 4.78 is 31.7. The predicted molar refractivity (Wildman–Crippen MR) is 148 cm³/mol. The lowest BCUT2D eigenvalue weighted by atomic mass is 9.74. The quantitative estimate of drug-likeness (QED) is 0.334. The van der Waals surface area contributed by atoms with Crippen molar-refractivity contribution >= 4 is 0 Å². The highest BCUT2D eigenvalue weighted by Crippen LogP contribution is 2.62. The van der Waals surface area contributed by atoms with Crippen molar-refractivity contribution in [2.75, 3.05) is 14.2 Å². The number of hydrogen-bond acceptors (Lipinski definition) is 7. The smallest absolute Gasteiger partial charge is 0.305 e. The normalized spacial score (nSPS) is 23.9. The lowest BCUT2D eigenvalue weighted by Gasteiger charge is -2.50. The first kappa shape index (κ1) is 24.7. The molecule has 3 heterocycles. The van der Waals surface area contributed by atoms with Gasteiger partial charge in [0.05, 0.1) is 20.1 Å². The van der Waals surface area contributed by atoms with Gasteiger partial charge in [0.15, 0.2) is 0 Å². The fourth-order valence-corrected chi connectivity index (χ4v) is 6.47. The zero-order valence-corrected chi connectivity index (χ0v) is 22.5. The first-order chi connectivity index (χ1) is 19.5. The lowest BCUT2D eigenvalue weighted by Crippen LogP contribution is -2.57. The Bertz CT molecular complexity index is 1600. The van der Waals surface area contributed by atoms with Gasteiger partial charge in [0.2, 0.25) is 0 Å². The van der Waals surface area contributed by atoms with E-state index >= 15 is 0 Å². The summed E-state index contributed by atoms with van der Waals surface area (Å²) in [5, 5.41) is 23.0. The van der Waals surface area contributed by atoms with Crippen LogP contribution in [-0.2, 0) is 12.2 Å². The number of rotatable bonds is 4. The Morgan fingerprint density at radius 3 is 2.23 bits per heavy atom. The van der Waals surface area contributed by atoms with Gasteiger partial charge in [-0.25, -0.2) is 0 Å². The number of hydrogen-bond donors (Lipinski definition) is 2. The Morgan fingerprint density at radius 2 is 1.55 bits per heavy atom. The van der Waals surface area contributed by atoms with Gasteiger partial charge in [0, 0.05) is 39.9 Å². The van der Waals surface area contributed by atoms with E-state index in [-0.39, 0.29) is 11.9 Å². The number of ether oxygens (including phenoxy) is 5. The lowest BCUT2D eigenvalue weighted by molar-refractivity contribution is -0.218. The molecule has 2 bridgehead atoms. The highest BCUT2D eigenvalue weighted by atomic mass is 16.7. The molecular weight excluding hydrogens is 508 g/mol. The molecule has 3 aliphatic heterocycles. The van der Waals surface area contributed by atoms with E-state index in [4.69, 9.17) is 23.7 Å². The Balaban J connectivity index is 1.52. The van der Waals surface area contributed by atoms with E-state index in [9.17, 15) is 10.2 Å². The fourth-order valence-electron chi connectivity index (χ4n) is 6.47. The van der Waals surface area contributed by atoms with Crippen LogP contribution < -0.4 is 23.7 Å². The summed E-state index contributed by atoms with van der Waals surface area (Å²) in [6, 6.07) is 22.9. The van der Waals surface area contributed by atoms with Crippen LogP contribution in [0.4, 0.5) is 0 Å². The number of fused-ring (bicyclic) bond motifs is 8. The molecule has 7 heteroatoms. The van der Waals surface area contributed by atoms with Crippen LogP contribution in [0.2, 0.25) is 0 Å². The van der Waals surface area contributed by atoms with Crippen molar-refractivity contribution in [2.24, 2.45) is 0 Å².